The second-order valence-electron chi connectivity index (χ2n) is 2.77. The van der Waals surface area contributed by atoms with Gasteiger partial charge >= 0.3 is 6.16 Å². The fourth-order valence-electron chi connectivity index (χ4n) is 1.05. The normalized spacial score (nSPS) is 9.67. The first kappa shape index (κ1) is 11.5. The number of benzene rings is 1. The highest BCUT2D eigenvalue weighted by Crippen LogP contribution is 2.16. The second-order valence-corrected chi connectivity index (χ2v) is 3.17. The number of halogens is 1. The Morgan fingerprint density at radius 1 is 1.33 bits per heavy atom. The van der Waals surface area contributed by atoms with Crippen LogP contribution in [0.1, 0.15) is 16.8 Å². The van der Waals surface area contributed by atoms with Gasteiger partial charge in [-0.25, -0.2) is 4.79 Å². The summed E-state index contributed by atoms with van der Waals surface area (Å²) in [6.07, 6.45) is -1.39. The highest BCUT2D eigenvalue weighted by atomic mass is 35.5. The lowest BCUT2D eigenvalue weighted by molar-refractivity contribution is 0.0811. The number of rotatable bonds is 4. The Balaban J connectivity index is 2.54. The number of ether oxygens (including phenoxy) is 1. The third-order valence-corrected chi connectivity index (χ3v) is 2.06. The van der Waals surface area contributed by atoms with Gasteiger partial charge in [0.15, 0.2) is 5.78 Å². The number of hydrogen-bond acceptors (Lipinski definition) is 3. The Kier molecular flexibility index (Phi) is 4.12. The van der Waals surface area contributed by atoms with Crippen LogP contribution in [0.2, 0.25) is 5.02 Å². The molecular formula is C10H9ClO4. The van der Waals surface area contributed by atoms with Crippen molar-refractivity contribution in [2.45, 2.75) is 6.42 Å². The van der Waals surface area contributed by atoms with E-state index in [2.05, 4.69) is 4.74 Å². The lowest BCUT2D eigenvalue weighted by atomic mass is 10.1. The van der Waals surface area contributed by atoms with Crippen LogP contribution in [0.25, 0.3) is 0 Å². The molecule has 0 amide bonds. The molecule has 0 saturated carbocycles. The molecule has 80 valence electrons. The highest BCUT2D eigenvalue weighted by Gasteiger charge is 2.10. The minimum atomic E-state index is -1.39. The smallest absolute Gasteiger partial charge is 0.450 e. The molecule has 0 bridgehead atoms. The van der Waals surface area contributed by atoms with Crippen LogP contribution in [-0.2, 0) is 4.74 Å². The maximum absolute atomic E-state index is 11.5. The van der Waals surface area contributed by atoms with E-state index < -0.39 is 6.16 Å². The van der Waals surface area contributed by atoms with E-state index in [1.165, 1.54) is 0 Å². The van der Waals surface area contributed by atoms with Crippen molar-refractivity contribution in [2.24, 2.45) is 0 Å². The maximum Gasteiger partial charge on any atom is 0.505 e. The first-order valence-electron chi connectivity index (χ1n) is 4.24. The van der Waals surface area contributed by atoms with Gasteiger partial charge in [-0.05, 0) is 12.1 Å². The molecule has 0 heterocycles. The molecule has 0 saturated heterocycles. The quantitative estimate of drug-likeness (QED) is 0.636. The summed E-state index contributed by atoms with van der Waals surface area (Å²) in [7, 11) is 0. The van der Waals surface area contributed by atoms with Gasteiger partial charge in [0, 0.05) is 12.0 Å². The maximum atomic E-state index is 11.5. The number of carbonyl (C=O) groups is 2. The number of carbonyl (C=O) groups excluding carboxylic acids is 1. The Hall–Kier alpha value is -1.55. The van der Waals surface area contributed by atoms with Crippen LogP contribution in [-0.4, -0.2) is 23.7 Å². The van der Waals surface area contributed by atoms with Crippen LogP contribution in [0.3, 0.4) is 0 Å². The van der Waals surface area contributed by atoms with E-state index in [9.17, 15) is 9.59 Å². The molecule has 0 radical (unpaired) electrons. The van der Waals surface area contributed by atoms with Crippen molar-refractivity contribution in [3.8, 4) is 0 Å². The van der Waals surface area contributed by atoms with Crippen LogP contribution in [0, 0.1) is 0 Å². The SMILES string of the molecule is O=C(O)OCCC(=O)c1ccccc1Cl. The van der Waals surface area contributed by atoms with E-state index in [0.717, 1.165) is 0 Å². The fraction of sp³-hybridized carbons (Fsp3) is 0.200. The molecule has 15 heavy (non-hydrogen) atoms. The minimum Gasteiger partial charge on any atom is -0.450 e. The molecule has 0 atom stereocenters. The van der Waals surface area contributed by atoms with Crippen molar-refractivity contribution >= 4 is 23.5 Å². The summed E-state index contributed by atoms with van der Waals surface area (Å²) in [5, 5.41) is 8.55. The second kappa shape index (κ2) is 5.36. The summed E-state index contributed by atoms with van der Waals surface area (Å²) in [6, 6.07) is 6.60. The van der Waals surface area contributed by atoms with Gasteiger partial charge in [-0.3, -0.25) is 4.79 Å². The molecule has 0 aliphatic heterocycles. The van der Waals surface area contributed by atoms with Crippen LogP contribution in [0.4, 0.5) is 4.79 Å². The van der Waals surface area contributed by atoms with Gasteiger partial charge in [0.2, 0.25) is 0 Å². The third-order valence-electron chi connectivity index (χ3n) is 1.73. The molecule has 0 spiro atoms. The molecular weight excluding hydrogens is 220 g/mol. The zero-order chi connectivity index (χ0) is 11.3. The molecule has 1 aromatic carbocycles. The van der Waals surface area contributed by atoms with Gasteiger partial charge in [-0.1, -0.05) is 23.7 Å². The zero-order valence-corrected chi connectivity index (χ0v) is 8.53. The fourth-order valence-corrected chi connectivity index (χ4v) is 1.29. The lowest BCUT2D eigenvalue weighted by Crippen LogP contribution is -2.08. The van der Waals surface area contributed by atoms with E-state index >= 15 is 0 Å². The van der Waals surface area contributed by atoms with E-state index in [1.807, 2.05) is 0 Å². The van der Waals surface area contributed by atoms with Gasteiger partial charge in [-0.2, -0.15) is 0 Å². The first-order chi connectivity index (χ1) is 7.11. The van der Waals surface area contributed by atoms with Crippen molar-refractivity contribution in [2.75, 3.05) is 6.61 Å². The molecule has 1 aromatic rings. The monoisotopic (exact) mass is 228 g/mol. The van der Waals surface area contributed by atoms with Gasteiger partial charge in [0.1, 0.15) is 6.61 Å². The van der Waals surface area contributed by atoms with Crippen LogP contribution in [0.5, 0.6) is 0 Å². The van der Waals surface area contributed by atoms with E-state index in [-0.39, 0.29) is 18.8 Å². The van der Waals surface area contributed by atoms with E-state index in [0.29, 0.717) is 10.6 Å². The number of Topliss-reactive ketones (excluding diaryl/α,β-unsaturated/α-hetero) is 1. The Bertz CT molecular complexity index is 375. The molecule has 0 aliphatic carbocycles. The third kappa shape index (κ3) is 3.59. The Morgan fingerprint density at radius 2 is 2.00 bits per heavy atom. The predicted octanol–water partition coefficient (Wildman–Crippen LogP) is 2.61. The predicted molar refractivity (Wildman–Crippen MR) is 54.4 cm³/mol. The largest absolute Gasteiger partial charge is 0.505 e. The summed E-state index contributed by atoms with van der Waals surface area (Å²) in [5.41, 5.74) is 0.383. The summed E-state index contributed by atoms with van der Waals surface area (Å²) >= 11 is 5.78. The summed E-state index contributed by atoms with van der Waals surface area (Å²) in [4.78, 5) is 21.5. The van der Waals surface area contributed by atoms with Gasteiger partial charge in [0.05, 0.1) is 5.02 Å². The van der Waals surface area contributed by atoms with Gasteiger partial charge in [0.25, 0.3) is 0 Å². The van der Waals surface area contributed by atoms with E-state index in [1.54, 1.807) is 24.3 Å². The molecule has 4 nitrogen and oxygen atoms in total. The Labute approximate surface area is 91.4 Å². The van der Waals surface area contributed by atoms with Crippen molar-refractivity contribution in [3.05, 3.63) is 34.9 Å². The van der Waals surface area contributed by atoms with Crippen LogP contribution < -0.4 is 0 Å². The summed E-state index contributed by atoms with van der Waals surface area (Å²) < 4.78 is 4.23. The minimum absolute atomic E-state index is 0.00394. The number of hydrogen-bond donors (Lipinski definition) is 1. The number of carboxylic acid groups (broad SMARTS) is 1. The molecule has 0 aliphatic rings. The lowest BCUT2D eigenvalue weighted by Gasteiger charge is -2.02. The van der Waals surface area contributed by atoms with Gasteiger partial charge < -0.3 is 9.84 Å². The zero-order valence-electron chi connectivity index (χ0n) is 7.77. The van der Waals surface area contributed by atoms with Crippen LogP contribution >= 0.6 is 11.6 Å². The van der Waals surface area contributed by atoms with Crippen molar-refractivity contribution in [1.82, 2.24) is 0 Å². The average molecular weight is 229 g/mol. The molecule has 1 rings (SSSR count). The van der Waals surface area contributed by atoms with Crippen molar-refractivity contribution in [1.29, 1.82) is 0 Å². The van der Waals surface area contributed by atoms with E-state index in [4.69, 9.17) is 16.7 Å². The first-order valence-corrected chi connectivity index (χ1v) is 4.62. The molecule has 0 fully saturated rings. The Morgan fingerprint density at radius 3 is 2.60 bits per heavy atom. The van der Waals surface area contributed by atoms with Crippen molar-refractivity contribution < 1.29 is 19.4 Å². The summed E-state index contributed by atoms with van der Waals surface area (Å²) in [5.74, 6) is -0.234. The molecule has 0 aromatic heterocycles. The highest BCUT2D eigenvalue weighted by molar-refractivity contribution is 6.33. The van der Waals surface area contributed by atoms with Crippen molar-refractivity contribution in [3.63, 3.8) is 0 Å². The summed E-state index contributed by atoms with van der Waals surface area (Å²) in [6.45, 7) is -0.153. The average Bonchev–Trinajstić information content (AvgIpc) is 2.17. The number of ketones is 1. The van der Waals surface area contributed by atoms with Gasteiger partial charge in [-0.15, -0.1) is 0 Å². The standard InChI is InChI=1S/C10H9ClO4/c11-8-4-2-1-3-7(8)9(12)5-6-15-10(13)14/h1-4H,5-6H2,(H,13,14). The van der Waals surface area contributed by atoms with Crippen LogP contribution in [0.15, 0.2) is 24.3 Å². The molecule has 5 heteroatoms. The molecule has 1 N–H and O–H groups in total. The molecule has 0 unspecified atom stereocenters. The topological polar surface area (TPSA) is 63.6 Å².